The molecular weight excluding hydrogens is 448 g/mol. The summed E-state index contributed by atoms with van der Waals surface area (Å²) in [5.41, 5.74) is 2.10. The first-order valence-corrected chi connectivity index (χ1v) is 14.1. The molecule has 0 aromatic heterocycles. The van der Waals surface area contributed by atoms with Gasteiger partial charge in [-0.15, -0.1) is 0 Å². The Morgan fingerprint density at radius 2 is 1.53 bits per heavy atom. The first-order valence-electron chi connectivity index (χ1n) is 10.8. The van der Waals surface area contributed by atoms with Gasteiger partial charge in [0.1, 0.15) is 5.25 Å². The van der Waals surface area contributed by atoms with Crippen LogP contribution in [-0.2, 0) is 26.4 Å². The SMILES string of the molecule is C[C@H]1CCC(c2ccccc2)S(=O)(=O)N1Cc1ccc(C(=O)N2CCS(=O)(=O)CC2)cc1. The summed E-state index contributed by atoms with van der Waals surface area (Å²) in [5.74, 6) is -0.219. The summed E-state index contributed by atoms with van der Waals surface area (Å²) in [6.07, 6.45) is 1.39. The van der Waals surface area contributed by atoms with E-state index >= 15 is 0 Å². The number of sulfone groups is 1. The molecule has 172 valence electrons. The topological polar surface area (TPSA) is 91.8 Å². The van der Waals surface area contributed by atoms with Crippen LogP contribution in [0.5, 0.6) is 0 Å². The highest BCUT2D eigenvalue weighted by molar-refractivity contribution is 7.91. The van der Waals surface area contributed by atoms with Gasteiger partial charge < -0.3 is 4.90 Å². The normalized spacial score (nSPS) is 25.3. The van der Waals surface area contributed by atoms with Gasteiger partial charge in [-0.1, -0.05) is 42.5 Å². The van der Waals surface area contributed by atoms with Gasteiger partial charge in [0.2, 0.25) is 10.0 Å². The van der Waals surface area contributed by atoms with Crippen LogP contribution in [0.15, 0.2) is 54.6 Å². The molecule has 0 bridgehead atoms. The molecule has 7 nitrogen and oxygen atoms in total. The van der Waals surface area contributed by atoms with E-state index in [1.807, 2.05) is 37.3 Å². The van der Waals surface area contributed by atoms with Gasteiger partial charge in [0.25, 0.3) is 5.91 Å². The minimum atomic E-state index is -3.52. The molecule has 9 heteroatoms. The zero-order valence-electron chi connectivity index (χ0n) is 18.1. The Bertz CT molecular complexity index is 1160. The molecule has 1 amide bonds. The molecule has 1 unspecified atom stereocenters. The number of carbonyl (C=O) groups excluding carboxylic acids is 1. The van der Waals surface area contributed by atoms with Crippen molar-refractivity contribution in [2.24, 2.45) is 0 Å². The maximum absolute atomic E-state index is 13.4. The van der Waals surface area contributed by atoms with Crippen molar-refractivity contribution in [1.29, 1.82) is 0 Å². The van der Waals surface area contributed by atoms with Crippen molar-refractivity contribution in [3.05, 3.63) is 71.3 Å². The van der Waals surface area contributed by atoms with E-state index in [0.717, 1.165) is 17.5 Å². The average Bonchev–Trinajstić information content (AvgIpc) is 2.77. The van der Waals surface area contributed by atoms with Gasteiger partial charge in [0, 0.05) is 31.2 Å². The molecule has 2 aromatic carbocycles. The van der Waals surface area contributed by atoms with Gasteiger partial charge >= 0.3 is 0 Å². The Labute approximate surface area is 190 Å². The fraction of sp³-hybridized carbons (Fsp3) is 0.435. The molecule has 2 atom stereocenters. The average molecular weight is 477 g/mol. The summed E-state index contributed by atoms with van der Waals surface area (Å²) in [6, 6.07) is 16.2. The van der Waals surface area contributed by atoms with Gasteiger partial charge in [0.15, 0.2) is 9.84 Å². The smallest absolute Gasteiger partial charge is 0.253 e. The summed E-state index contributed by atoms with van der Waals surface area (Å²) < 4.78 is 51.5. The molecule has 0 saturated carbocycles. The number of amides is 1. The number of carbonyl (C=O) groups is 1. The van der Waals surface area contributed by atoms with Crippen molar-refractivity contribution in [1.82, 2.24) is 9.21 Å². The van der Waals surface area contributed by atoms with Crippen LogP contribution in [0.4, 0.5) is 0 Å². The number of hydrogen-bond donors (Lipinski definition) is 0. The van der Waals surface area contributed by atoms with Crippen molar-refractivity contribution < 1.29 is 21.6 Å². The van der Waals surface area contributed by atoms with E-state index in [1.165, 1.54) is 0 Å². The molecular formula is C23H28N2O5S2. The quantitative estimate of drug-likeness (QED) is 0.676. The monoisotopic (exact) mass is 476 g/mol. The summed E-state index contributed by atoms with van der Waals surface area (Å²) in [4.78, 5) is 14.2. The summed E-state index contributed by atoms with van der Waals surface area (Å²) in [5, 5.41) is -0.545. The largest absolute Gasteiger partial charge is 0.337 e. The van der Waals surface area contributed by atoms with Gasteiger partial charge in [-0.2, -0.15) is 4.31 Å². The van der Waals surface area contributed by atoms with Crippen molar-refractivity contribution in [3.63, 3.8) is 0 Å². The maximum atomic E-state index is 13.4. The maximum Gasteiger partial charge on any atom is 0.253 e. The van der Waals surface area contributed by atoms with Crippen LogP contribution in [0.1, 0.15) is 46.5 Å². The highest BCUT2D eigenvalue weighted by Gasteiger charge is 2.40. The van der Waals surface area contributed by atoms with E-state index in [2.05, 4.69) is 0 Å². The Morgan fingerprint density at radius 3 is 2.16 bits per heavy atom. The van der Waals surface area contributed by atoms with Crippen LogP contribution in [-0.4, -0.2) is 62.6 Å². The molecule has 0 N–H and O–H groups in total. The highest BCUT2D eigenvalue weighted by Crippen LogP contribution is 2.38. The lowest BCUT2D eigenvalue weighted by Crippen LogP contribution is -2.44. The molecule has 4 rings (SSSR count). The second-order valence-electron chi connectivity index (χ2n) is 8.56. The summed E-state index contributed by atoms with van der Waals surface area (Å²) >= 11 is 0. The molecule has 2 aliphatic rings. The number of sulfonamides is 1. The lowest BCUT2D eigenvalue weighted by molar-refractivity contribution is 0.0770. The highest BCUT2D eigenvalue weighted by atomic mass is 32.2. The Hall–Kier alpha value is -2.23. The molecule has 0 aliphatic carbocycles. The van der Waals surface area contributed by atoms with Crippen LogP contribution >= 0.6 is 0 Å². The molecule has 32 heavy (non-hydrogen) atoms. The Balaban J connectivity index is 1.48. The number of nitrogens with zero attached hydrogens (tertiary/aromatic N) is 2. The predicted molar refractivity (Wildman–Crippen MR) is 123 cm³/mol. The Kier molecular flexibility index (Phi) is 6.42. The molecule has 0 spiro atoms. The van der Waals surface area contributed by atoms with Crippen LogP contribution in [0.2, 0.25) is 0 Å². The standard InChI is InChI=1S/C23H28N2O5S2/c1-18-7-12-22(20-5-3-2-4-6-20)32(29,30)25(18)17-19-8-10-21(11-9-19)23(26)24-13-15-31(27,28)16-14-24/h2-6,8-11,18,22H,7,12-17H2,1H3/t18-,22?/m0/s1. The van der Waals surface area contributed by atoms with Crippen LogP contribution in [0.25, 0.3) is 0 Å². The first kappa shape index (κ1) is 22.9. The third-order valence-corrected chi connectivity index (χ3v) is 10.3. The first-order chi connectivity index (χ1) is 15.2. The van der Waals surface area contributed by atoms with Crippen LogP contribution in [0, 0.1) is 0 Å². The zero-order valence-corrected chi connectivity index (χ0v) is 19.7. The Morgan fingerprint density at radius 1 is 0.906 bits per heavy atom. The molecule has 2 saturated heterocycles. The second kappa shape index (κ2) is 8.96. The van der Waals surface area contributed by atoms with Crippen molar-refractivity contribution >= 4 is 25.8 Å². The van der Waals surface area contributed by atoms with E-state index in [-0.39, 0.29) is 43.1 Å². The number of rotatable bonds is 4. The summed E-state index contributed by atoms with van der Waals surface area (Å²) in [7, 11) is -6.57. The fourth-order valence-corrected chi connectivity index (χ4v) is 7.78. The fourth-order valence-electron chi connectivity index (χ4n) is 4.38. The van der Waals surface area contributed by atoms with E-state index in [9.17, 15) is 21.6 Å². The predicted octanol–water partition coefficient (Wildman–Crippen LogP) is 2.61. The molecule has 2 aromatic rings. The third-order valence-electron chi connectivity index (χ3n) is 6.37. The second-order valence-corrected chi connectivity index (χ2v) is 12.9. The van der Waals surface area contributed by atoms with Gasteiger partial charge in [-0.25, -0.2) is 16.8 Å². The van der Waals surface area contributed by atoms with Crippen molar-refractivity contribution in [2.75, 3.05) is 24.6 Å². The van der Waals surface area contributed by atoms with E-state index in [1.54, 1.807) is 33.5 Å². The lowest BCUT2D eigenvalue weighted by atomic mass is 10.0. The van der Waals surface area contributed by atoms with Crippen molar-refractivity contribution in [2.45, 2.75) is 37.6 Å². The lowest BCUT2D eigenvalue weighted by Gasteiger charge is -2.37. The molecule has 2 heterocycles. The van der Waals surface area contributed by atoms with Gasteiger partial charge in [0.05, 0.1) is 11.5 Å². The van der Waals surface area contributed by atoms with Crippen LogP contribution in [0.3, 0.4) is 0 Å². The summed E-state index contributed by atoms with van der Waals surface area (Å²) in [6.45, 7) is 2.59. The van der Waals surface area contributed by atoms with E-state index in [0.29, 0.717) is 12.0 Å². The van der Waals surface area contributed by atoms with Crippen molar-refractivity contribution in [3.8, 4) is 0 Å². The number of benzene rings is 2. The van der Waals surface area contributed by atoms with E-state index < -0.39 is 25.1 Å². The van der Waals surface area contributed by atoms with E-state index in [4.69, 9.17) is 0 Å². The molecule has 2 aliphatic heterocycles. The van der Waals surface area contributed by atoms with Gasteiger partial charge in [-0.05, 0) is 43.0 Å². The minimum Gasteiger partial charge on any atom is -0.337 e. The zero-order chi connectivity index (χ0) is 22.9. The number of hydrogen-bond acceptors (Lipinski definition) is 5. The molecule has 0 radical (unpaired) electrons. The van der Waals surface area contributed by atoms with Gasteiger partial charge in [-0.3, -0.25) is 4.79 Å². The van der Waals surface area contributed by atoms with Crippen LogP contribution < -0.4 is 0 Å². The minimum absolute atomic E-state index is 0.00981. The molecule has 2 fully saturated rings. The third kappa shape index (κ3) is 4.74.